The minimum atomic E-state index is -0.349. The van der Waals surface area contributed by atoms with E-state index in [2.05, 4.69) is 60.2 Å². The molecule has 1 amide bonds. The Bertz CT molecular complexity index is 1550. The molecule has 0 radical (unpaired) electrons. The number of allylic oxidation sites excluding steroid dienone is 5. The molecule has 210 valence electrons. The number of nitrogens with two attached hydrogens (primary N) is 1. The van der Waals surface area contributed by atoms with Gasteiger partial charge in [0.25, 0.3) is 5.56 Å². The van der Waals surface area contributed by atoms with Crippen molar-refractivity contribution < 1.29 is 9.90 Å². The number of nitrogens with zero attached hydrogens (tertiary/aromatic N) is 1. The van der Waals surface area contributed by atoms with Gasteiger partial charge in [-0.1, -0.05) is 91.7 Å². The second-order valence-corrected chi connectivity index (χ2v) is 9.74. The fourth-order valence-electron chi connectivity index (χ4n) is 3.88. The average Bonchev–Trinajstić information content (AvgIpc) is 3.31. The molecule has 0 spiro atoms. The molecule has 0 saturated carbocycles. The summed E-state index contributed by atoms with van der Waals surface area (Å²) < 4.78 is 0. The maximum Gasteiger partial charge on any atom is 0.252 e. The van der Waals surface area contributed by atoms with Crippen molar-refractivity contribution in [3.05, 3.63) is 117 Å². The number of aromatic hydroxyl groups is 1. The summed E-state index contributed by atoms with van der Waals surface area (Å²) in [4.78, 5) is 30.6. The Morgan fingerprint density at radius 3 is 2.50 bits per heavy atom. The largest absolute Gasteiger partial charge is 0.507 e. The minimum absolute atomic E-state index is 0.0748. The van der Waals surface area contributed by atoms with Crippen molar-refractivity contribution in [2.75, 3.05) is 0 Å². The standard InChI is InChI=1S/C22H22ClN3O2.C8H9Cl.CH3NO/c1-4-5-6-7-13(2)10-14(3)22-25-20(21(23)26-22)15-8-9-17-16(11-15)18(27)12-19(28)24-17;1-2-7-4-3-5-8(9)6-7;2-1-3/h4-9,11-12,14H,1,10H2,2-3H3,(H,25,26)(H2,24,27,28);3-6H,2H2,1H3;1H,(H2,2,3)/b6-5-,13-7+;;/t14-;;/m0../s1. The van der Waals surface area contributed by atoms with Gasteiger partial charge in [0.2, 0.25) is 6.41 Å². The molecule has 4 aromatic rings. The number of rotatable bonds is 7. The maximum absolute atomic E-state index is 11.5. The lowest BCUT2D eigenvalue weighted by Crippen LogP contribution is -2.02. The number of imidazole rings is 1. The SMILES string of the molecule is C=C/C=C\C=C(/C)C[C@H](C)c1nc(-c2ccc3[nH]c(=O)cc(O)c3c2)c(Cl)[nH]1.CCc1cccc(Cl)c1.NC=O. The molecule has 0 aliphatic heterocycles. The number of primary amides is 1. The van der Waals surface area contributed by atoms with Crippen LogP contribution >= 0.6 is 23.2 Å². The van der Waals surface area contributed by atoms with E-state index >= 15 is 0 Å². The molecule has 4 rings (SSSR count). The van der Waals surface area contributed by atoms with Crippen LogP contribution in [0.1, 0.15) is 44.5 Å². The van der Waals surface area contributed by atoms with E-state index in [0.29, 0.717) is 21.7 Å². The molecule has 2 aromatic heterocycles. The number of nitrogens with one attached hydrogen (secondary N) is 2. The molecule has 5 N–H and O–H groups in total. The minimum Gasteiger partial charge on any atom is -0.507 e. The fraction of sp³-hybridized carbons (Fsp3) is 0.194. The van der Waals surface area contributed by atoms with Crippen molar-refractivity contribution in [1.82, 2.24) is 15.0 Å². The van der Waals surface area contributed by atoms with Crippen LogP contribution in [0.25, 0.3) is 22.2 Å². The number of benzene rings is 2. The number of aromatic amines is 2. The Balaban J connectivity index is 0.000000389. The second-order valence-electron chi connectivity index (χ2n) is 8.92. The van der Waals surface area contributed by atoms with Crippen molar-refractivity contribution >= 4 is 40.5 Å². The summed E-state index contributed by atoms with van der Waals surface area (Å²) in [6, 6.07) is 14.4. The molecule has 2 aromatic carbocycles. The summed E-state index contributed by atoms with van der Waals surface area (Å²) in [6.45, 7) is 9.93. The summed E-state index contributed by atoms with van der Waals surface area (Å²) in [7, 11) is 0. The van der Waals surface area contributed by atoms with E-state index in [1.54, 1.807) is 18.2 Å². The quantitative estimate of drug-likeness (QED) is 0.134. The van der Waals surface area contributed by atoms with Crippen LogP contribution in [0, 0.1) is 0 Å². The van der Waals surface area contributed by atoms with Gasteiger partial charge in [0.05, 0.1) is 5.52 Å². The number of aromatic nitrogens is 3. The number of carbonyl (C=O) groups is 1. The first-order chi connectivity index (χ1) is 19.1. The number of aryl methyl sites for hydroxylation is 1. The Morgan fingerprint density at radius 2 is 1.88 bits per heavy atom. The predicted molar refractivity (Wildman–Crippen MR) is 166 cm³/mol. The van der Waals surface area contributed by atoms with Crippen LogP contribution < -0.4 is 11.3 Å². The Kier molecular flexibility index (Phi) is 13.0. The molecule has 0 saturated heterocycles. The Hall–Kier alpha value is -4.07. The monoisotopic (exact) mass is 580 g/mol. The normalized spacial score (nSPS) is 11.8. The lowest BCUT2D eigenvalue weighted by molar-refractivity contribution is -0.106. The van der Waals surface area contributed by atoms with Crippen LogP contribution in [0.3, 0.4) is 0 Å². The number of hydrogen-bond donors (Lipinski definition) is 4. The van der Waals surface area contributed by atoms with Gasteiger partial charge in [-0.25, -0.2) is 4.98 Å². The number of halogens is 2. The Morgan fingerprint density at radius 1 is 1.15 bits per heavy atom. The van der Waals surface area contributed by atoms with Gasteiger partial charge in [0.15, 0.2) is 0 Å². The number of pyridine rings is 1. The number of H-pyrrole nitrogens is 2. The van der Waals surface area contributed by atoms with Crippen LogP contribution in [-0.2, 0) is 11.2 Å². The average molecular weight is 582 g/mol. The van der Waals surface area contributed by atoms with Crippen molar-refractivity contribution in [2.45, 2.75) is 39.5 Å². The molecule has 1 atom stereocenters. The van der Waals surface area contributed by atoms with Gasteiger partial charge in [0, 0.05) is 28.0 Å². The summed E-state index contributed by atoms with van der Waals surface area (Å²) in [5.74, 6) is 0.880. The highest BCUT2D eigenvalue weighted by molar-refractivity contribution is 6.32. The second kappa shape index (κ2) is 16.1. The van der Waals surface area contributed by atoms with Gasteiger partial charge in [-0.2, -0.15) is 0 Å². The first kappa shape index (κ1) is 32.1. The summed E-state index contributed by atoms with van der Waals surface area (Å²) >= 11 is 12.1. The summed E-state index contributed by atoms with van der Waals surface area (Å²) in [5, 5.41) is 11.9. The molecule has 40 heavy (non-hydrogen) atoms. The van der Waals surface area contributed by atoms with E-state index in [-0.39, 0.29) is 23.6 Å². The summed E-state index contributed by atoms with van der Waals surface area (Å²) in [5.41, 5.74) is 8.27. The van der Waals surface area contributed by atoms with E-state index in [1.165, 1.54) is 11.1 Å². The predicted octanol–water partition coefficient (Wildman–Crippen LogP) is 7.46. The molecule has 7 nitrogen and oxygen atoms in total. The highest BCUT2D eigenvalue weighted by Crippen LogP contribution is 2.33. The lowest BCUT2D eigenvalue weighted by atomic mass is 10.0. The van der Waals surface area contributed by atoms with E-state index in [4.69, 9.17) is 28.0 Å². The third-order valence-corrected chi connectivity index (χ3v) is 6.30. The zero-order valence-electron chi connectivity index (χ0n) is 22.7. The molecule has 9 heteroatoms. The zero-order valence-corrected chi connectivity index (χ0v) is 24.3. The molecule has 0 bridgehead atoms. The number of amides is 1. The molecular weight excluding hydrogens is 547 g/mol. The first-order valence-corrected chi connectivity index (χ1v) is 13.4. The fourth-order valence-corrected chi connectivity index (χ4v) is 4.34. The lowest BCUT2D eigenvalue weighted by Gasteiger charge is -2.08. The van der Waals surface area contributed by atoms with Gasteiger partial charge >= 0.3 is 0 Å². The van der Waals surface area contributed by atoms with Crippen LogP contribution in [0.4, 0.5) is 0 Å². The first-order valence-electron chi connectivity index (χ1n) is 12.6. The third-order valence-electron chi connectivity index (χ3n) is 5.79. The number of hydrogen-bond acceptors (Lipinski definition) is 4. The van der Waals surface area contributed by atoms with Crippen molar-refractivity contribution in [3.63, 3.8) is 0 Å². The topological polar surface area (TPSA) is 125 Å². The van der Waals surface area contributed by atoms with E-state index < -0.39 is 0 Å². The van der Waals surface area contributed by atoms with Crippen LogP contribution in [-0.4, -0.2) is 26.5 Å². The van der Waals surface area contributed by atoms with Crippen LogP contribution in [0.15, 0.2) is 89.8 Å². The molecule has 2 heterocycles. The molecule has 0 aliphatic rings. The molecule has 0 unspecified atom stereocenters. The molecular formula is C31H34Cl2N4O3. The van der Waals surface area contributed by atoms with E-state index in [9.17, 15) is 9.90 Å². The smallest absolute Gasteiger partial charge is 0.252 e. The highest BCUT2D eigenvalue weighted by Gasteiger charge is 2.16. The Labute approximate surface area is 244 Å². The highest BCUT2D eigenvalue weighted by atomic mass is 35.5. The van der Waals surface area contributed by atoms with Crippen molar-refractivity contribution in [2.24, 2.45) is 5.73 Å². The number of fused-ring (bicyclic) bond motifs is 1. The van der Waals surface area contributed by atoms with E-state index in [0.717, 1.165) is 35.3 Å². The van der Waals surface area contributed by atoms with Crippen LogP contribution in [0.5, 0.6) is 5.75 Å². The van der Waals surface area contributed by atoms with Crippen molar-refractivity contribution in [1.29, 1.82) is 0 Å². The van der Waals surface area contributed by atoms with Crippen molar-refractivity contribution in [3.8, 4) is 17.0 Å². The van der Waals surface area contributed by atoms with E-state index in [1.807, 2.05) is 36.4 Å². The van der Waals surface area contributed by atoms with Gasteiger partial charge in [-0.05, 0) is 49.6 Å². The molecule has 0 fully saturated rings. The van der Waals surface area contributed by atoms with Gasteiger partial charge in [-0.15, -0.1) is 0 Å². The number of carbonyl (C=O) groups excluding carboxylic acids is 1. The zero-order chi connectivity index (χ0) is 29.7. The maximum atomic E-state index is 11.5. The van der Waals surface area contributed by atoms with Crippen LogP contribution in [0.2, 0.25) is 10.2 Å². The third kappa shape index (κ3) is 9.59. The molecule has 0 aliphatic carbocycles. The summed E-state index contributed by atoms with van der Waals surface area (Å²) in [6.07, 6.45) is 9.78. The van der Waals surface area contributed by atoms with Gasteiger partial charge < -0.3 is 20.8 Å². The van der Waals surface area contributed by atoms with Gasteiger partial charge in [-0.3, -0.25) is 9.59 Å². The van der Waals surface area contributed by atoms with Gasteiger partial charge in [0.1, 0.15) is 22.4 Å².